The van der Waals surface area contributed by atoms with Crippen LogP contribution in [0.25, 0.3) is 0 Å². The molecule has 2 aliphatic rings. The van der Waals surface area contributed by atoms with Gasteiger partial charge in [0.25, 0.3) is 0 Å². The van der Waals surface area contributed by atoms with Crippen molar-refractivity contribution in [2.45, 2.75) is 52.6 Å². The molecule has 3 rings (SSSR count). The van der Waals surface area contributed by atoms with Gasteiger partial charge >= 0.3 is 0 Å². The SMILES string of the molecule is CC(C)CC(=O)N1Cc2ccccc2CC1C(=O)N1CCC(C)(CN)C1. The van der Waals surface area contributed by atoms with Gasteiger partial charge in [-0.1, -0.05) is 45.0 Å². The molecule has 0 aliphatic carbocycles. The predicted octanol–water partition coefficient (Wildman–Crippen LogP) is 2.18. The van der Waals surface area contributed by atoms with E-state index in [4.69, 9.17) is 5.73 Å². The van der Waals surface area contributed by atoms with Crippen molar-refractivity contribution < 1.29 is 9.59 Å². The van der Waals surface area contributed by atoms with E-state index in [1.165, 1.54) is 5.56 Å². The van der Waals surface area contributed by atoms with Crippen LogP contribution < -0.4 is 5.73 Å². The molecule has 0 spiro atoms. The average molecular weight is 357 g/mol. The van der Waals surface area contributed by atoms with Gasteiger partial charge in [-0.15, -0.1) is 0 Å². The fraction of sp³-hybridized carbons (Fsp3) is 0.619. The lowest BCUT2D eigenvalue weighted by molar-refractivity contribution is -0.147. The monoisotopic (exact) mass is 357 g/mol. The van der Waals surface area contributed by atoms with E-state index in [2.05, 4.69) is 19.1 Å². The number of carbonyl (C=O) groups is 2. The molecule has 5 heteroatoms. The summed E-state index contributed by atoms with van der Waals surface area (Å²) in [6, 6.07) is 7.75. The first kappa shape index (κ1) is 18.9. The van der Waals surface area contributed by atoms with Crippen LogP contribution in [0, 0.1) is 11.3 Å². The van der Waals surface area contributed by atoms with Gasteiger partial charge in [0, 0.05) is 32.5 Å². The Morgan fingerprint density at radius 3 is 2.58 bits per heavy atom. The number of rotatable bonds is 4. The van der Waals surface area contributed by atoms with Gasteiger partial charge in [0.1, 0.15) is 6.04 Å². The summed E-state index contributed by atoms with van der Waals surface area (Å²) in [5, 5.41) is 0. The summed E-state index contributed by atoms with van der Waals surface area (Å²) in [5.74, 6) is 0.435. The number of benzene rings is 1. The Morgan fingerprint density at radius 1 is 1.27 bits per heavy atom. The van der Waals surface area contributed by atoms with Crippen molar-refractivity contribution in [3.05, 3.63) is 35.4 Å². The Kier molecular flexibility index (Phi) is 5.37. The van der Waals surface area contributed by atoms with Crippen molar-refractivity contribution in [1.29, 1.82) is 0 Å². The number of hydrogen-bond donors (Lipinski definition) is 1. The van der Waals surface area contributed by atoms with E-state index in [1.54, 1.807) is 0 Å². The maximum absolute atomic E-state index is 13.3. The number of fused-ring (bicyclic) bond motifs is 1. The predicted molar refractivity (Wildman–Crippen MR) is 102 cm³/mol. The second-order valence-electron chi connectivity index (χ2n) is 8.63. The Bertz CT molecular complexity index is 688. The molecule has 142 valence electrons. The van der Waals surface area contributed by atoms with Crippen LogP contribution in [0.15, 0.2) is 24.3 Å². The van der Waals surface area contributed by atoms with Crippen molar-refractivity contribution in [1.82, 2.24) is 9.80 Å². The molecule has 26 heavy (non-hydrogen) atoms. The van der Waals surface area contributed by atoms with E-state index in [1.807, 2.05) is 35.8 Å². The van der Waals surface area contributed by atoms with Crippen molar-refractivity contribution in [2.24, 2.45) is 17.1 Å². The van der Waals surface area contributed by atoms with Crippen molar-refractivity contribution in [2.75, 3.05) is 19.6 Å². The first-order valence-electron chi connectivity index (χ1n) is 9.68. The van der Waals surface area contributed by atoms with E-state index in [0.717, 1.165) is 18.5 Å². The maximum Gasteiger partial charge on any atom is 0.245 e. The van der Waals surface area contributed by atoms with Gasteiger partial charge in [-0.3, -0.25) is 9.59 Å². The fourth-order valence-electron chi connectivity index (χ4n) is 4.06. The van der Waals surface area contributed by atoms with E-state index in [-0.39, 0.29) is 23.1 Å². The highest BCUT2D eigenvalue weighted by atomic mass is 16.2. The number of amides is 2. The highest BCUT2D eigenvalue weighted by molar-refractivity contribution is 5.89. The summed E-state index contributed by atoms with van der Waals surface area (Å²) < 4.78 is 0. The largest absolute Gasteiger partial charge is 0.340 e. The smallest absolute Gasteiger partial charge is 0.245 e. The zero-order valence-electron chi connectivity index (χ0n) is 16.2. The number of carbonyl (C=O) groups excluding carboxylic acids is 2. The third kappa shape index (κ3) is 3.78. The Morgan fingerprint density at radius 2 is 1.96 bits per heavy atom. The van der Waals surface area contributed by atoms with Crippen LogP contribution in [0.3, 0.4) is 0 Å². The minimum Gasteiger partial charge on any atom is -0.340 e. The van der Waals surface area contributed by atoms with E-state index >= 15 is 0 Å². The van der Waals surface area contributed by atoms with Crippen LogP contribution in [-0.2, 0) is 22.6 Å². The first-order chi connectivity index (χ1) is 12.3. The molecular formula is C21H31N3O2. The van der Waals surface area contributed by atoms with Gasteiger partial charge < -0.3 is 15.5 Å². The van der Waals surface area contributed by atoms with Crippen molar-refractivity contribution >= 4 is 11.8 Å². The lowest BCUT2D eigenvalue weighted by atomic mass is 9.90. The van der Waals surface area contributed by atoms with Crippen LogP contribution in [0.4, 0.5) is 0 Å². The molecule has 0 bridgehead atoms. The normalized spacial score (nSPS) is 25.5. The second-order valence-corrected chi connectivity index (χ2v) is 8.63. The van der Waals surface area contributed by atoms with Crippen LogP contribution in [0.1, 0.15) is 44.7 Å². The summed E-state index contributed by atoms with van der Waals surface area (Å²) in [5.41, 5.74) is 8.23. The third-order valence-electron chi connectivity index (χ3n) is 5.80. The summed E-state index contributed by atoms with van der Waals surface area (Å²) in [4.78, 5) is 29.9. The number of nitrogens with zero attached hydrogens (tertiary/aromatic N) is 2. The van der Waals surface area contributed by atoms with Gasteiger partial charge in [-0.25, -0.2) is 0 Å². The Hall–Kier alpha value is -1.88. The molecule has 0 saturated carbocycles. The van der Waals surface area contributed by atoms with Crippen LogP contribution in [0.2, 0.25) is 0 Å². The lowest BCUT2D eigenvalue weighted by Gasteiger charge is -2.38. The van der Waals surface area contributed by atoms with E-state index in [9.17, 15) is 9.59 Å². The minimum atomic E-state index is -0.392. The van der Waals surface area contributed by atoms with Crippen LogP contribution in [0.5, 0.6) is 0 Å². The van der Waals surface area contributed by atoms with Gasteiger partial charge in [0.15, 0.2) is 0 Å². The van der Waals surface area contributed by atoms with E-state index in [0.29, 0.717) is 32.5 Å². The topological polar surface area (TPSA) is 66.6 Å². The molecule has 1 aromatic rings. The molecule has 2 amide bonds. The van der Waals surface area contributed by atoms with Gasteiger partial charge in [0.05, 0.1) is 0 Å². The lowest BCUT2D eigenvalue weighted by Crippen LogP contribution is -2.53. The zero-order chi connectivity index (χ0) is 18.9. The zero-order valence-corrected chi connectivity index (χ0v) is 16.2. The number of hydrogen-bond acceptors (Lipinski definition) is 3. The first-order valence-corrected chi connectivity index (χ1v) is 9.68. The molecule has 2 unspecified atom stereocenters. The van der Waals surface area contributed by atoms with Crippen LogP contribution >= 0.6 is 0 Å². The molecule has 0 aromatic heterocycles. The quantitative estimate of drug-likeness (QED) is 0.898. The molecule has 2 N–H and O–H groups in total. The molecule has 2 aliphatic heterocycles. The van der Waals surface area contributed by atoms with Gasteiger partial charge in [-0.05, 0) is 35.4 Å². The standard InChI is InChI=1S/C21H31N3O2/c1-15(2)10-19(25)24-12-17-7-5-4-6-16(17)11-18(24)20(26)23-9-8-21(3,13-22)14-23/h4-7,15,18H,8-14,22H2,1-3H3. The molecule has 1 saturated heterocycles. The van der Waals surface area contributed by atoms with E-state index < -0.39 is 6.04 Å². The third-order valence-corrected chi connectivity index (χ3v) is 5.80. The van der Waals surface area contributed by atoms with Gasteiger partial charge in [0.2, 0.25) is 11.8 Å². The van der Waals surface area contributed by atoms with Crippen molar-refractivity contribution in [3.63, 3.8) is 0 Å². The summed E-state index contributed by atoms with van der Waals surface area (Å²) >= 11 is 0. The summed E-state index contributed by atoms with van der Waals surface area (Å²) in [6.45, 7) is 8.75. The summed E-state index contributed by atoms with van der Waals surface area (Å²) in [7, 11) is 0. The number of nitrogens with two attached hydrogens (primary N) is 1. The molecule has 2 atom stereocenters. The molecular weight excluding hydrogens is 326 g/mol. The molecule has 0 radical (unpaired) electrons. The van der Waals surface area contributed by atoms with Crippen LogP contribution in [-0.4, -0.2) is 47.3 Å². The highest BCUT2D eigenvalue weighted by Gasteiger charge is 2.41. The van der Waals surface area contributed by atoms with Gasteiger partial charge in [-0.2, -0.15) is 0 Å². The molecule has 1 fully saturated rings. The molecule has 1 aromatic carbocycles. The highest BCUT2D eigenvalue weighted by Crippen LogP contribution is 2.31. The second kappa shape index (κ2) is 7.39. The molecule has 5 nitrogen and oxygen atoms in total. The average Bonchev–Trinajstić information content (AvgIpc) is 3.02. The number of likely N-dealkylation sites (tertiary alicyclic amines) is 1. The summed E-state index contributed by atoms with van der Waals surface area (Å²) in [6.07, 6.45) is 2.01. The minimum absolute atomic E-state index is 0.00495. The Labute approximate surface area is 156 Å². The fourth-order valence-corrected chi connectivity index (χ4v) is 4.06. The molecule has 2 heterocycles. The van der Waals surface area contributed by atoms with Crippen molar-refractivity contribution in [3.8, 4) is 0 Å². The Balaban J connectivity index is 1.84. The maximum atomic E-state index is 13.3.